The van der Waals surface area contributed by atoms with Gasteiger partial charge in [0.1, 0.15) is 11.5 Å². The van der Waals surface area contributed by atoms with Gasteiger partial charge in [-0.05, 0) is 58.4 Å². The van der Waals surface area contributed by atoms with Crippen LogP contribution in [-0.4, -0.2) is 20.3 Å². The number of benzene rings is 3. The van der Waals surface area contributed by atoms with Gasteiger partial charge < -0.3 is 20.1 Å². The first-order valence-electron chi connectivity index (χ1n) is 11.5. The Balaban J connectivity index is 1.92. The molecule has 34 heavy (non-hydrogen) atoms. The molecule has 0 saturated carbocycles. The summed E-state index contributed by atoms with van der Waals surface area (Å²) in [7, 11) is 3.28. The first-order valence-corrected chi connectivity index (χ1v) is 11.5. The van der Waals surface area contributed by atoms with Crippen LogP contribution in [0.15, 0.2) is 72.9 Å². The number of amides is 2. The molecule has 0 unspecified atom stereocenters. The quantitative estimate of drug-likeness (QED) is 0.376. The molecule has 0 fully saturated rings. The number of carbonyl (C=O) groups excluding carboxylic acids is 1. The first-order chi connectivity index (χ1) is 16.3. The SMILES string of the molecule is COc1ccc(C(=CNC(=O)Nc2c(C(C)C)cccc2C(C)C)c2ccc(OC)cc2)cc1. The number of nitrogens with one attached hydrogen (secondary N) is 2. The molecule has 0 aliphatic heterocycles. The Morgan fingerprint density at radius 3 is 1.56 bits per heavy atom. The first kappa shape index (κ1) is 24.9. The largest absolute Gasteiger partial charge is 0.497 e. The Kier molecular flexibility index (Phi) is 8.36. The maximum atomic E-state index is 13.0. The molecule has 0 radical (unpaired) electrons. The van der Waals surface area contributed by atoms with Gasteiger partial charge in [0, 0.05) is 17.5 Å². The summed E-state index contributed by atoms with van der Waals surface area (Å²) in [5, 5.41) is 6.05. The number of carbonyl (C=O) groups is 1. The lowest BCUT2D eigenvalue weighted by molar-refractivity contribution is 0.255. The predicted molar refractivity (Wildman–Crippen MR) is 140 cm³/mol. The molecule has 2 amide bonds. The highest BCUT2D eigenvalue weighted by Gasteiger charge is 2.16. The molecule has 178 valence electrons. The highest BCUT2D eigenvalue weighted by Crippen LogP contribution is 2.32. The van der Waals surface area contributed by atoms with Crippen molar-refractivity contribution in [1.82, 2.24) is 5.32 Å². The molecule has 0 aromatic heterocycles. The number of rotatable bonds is 8. The molecule has 0 spiro atoms. The minimum atomic E-state index is -0.283. The summed E-state index contributed by atoms with van der Waals surface area (Å²) in [5.74, 6) is 2.13. The third kappa shape index (κ3) is 5.98. The molecular weight excluding hydrogens is 424 g/mol. The molecule has 3 aromatic rings. The van der Waals surface area contributed by atoms with E-state index in [9.17, 15) is 4.79 Å². The topological polar surface area (TPSA) is 59.6 Å². The Labute approximate surface area is 202 Å². The average molecular weight is 459 g/mol. The van der Waals surface area contributed by atoms with E-state index in [2.05, 4.69) is 56.5 Å². The number of anilines is 1. The second-order valence-corrected chi connectivity index (χ2v) is 8.73. The summed E-state index contributed by atoms with van der Waals surface area (Å²) in [4.78, 5) is 13.0. The van der Waals surface area contributed by atoms with Crippen LogP contribution in [0.3, 0.4) is 0 Å². The number of urea groups is 1. The fraction of sp³-hybridized carbons (Fsp3) is 0.276. The van der Waals surface area contributed by atoms with Crippen LogP contribution >= 0.6 is 0 Å². The van der Waals surface area contributed by atoms with Crippen molar-refractivity contribution in [2.45, 2.75) is 39.5 Å². The van der Waals surface area contributed by atoms with E-state index >= 15 is 0 Å². The molecule has 3 rings (SSSR count). The van der Waals surface area contributed by atoms with Gasteiger partial charge in [0.15, 0.2) is 0 Å². The van der Waals surface area contributed by atoms with Gasteiger partial charge in [-0.1, -0.05) is 70.2 Å². The zero-order chi connectivity index (χ0) is 24.7. The van der Waals surface area contributed by atoms with Crippen LogP contribution in [-0.2, 0) is 0 Å². The second-order valence-electron chi connectivity index (χ2n) is 8.73. The number of hydrogen-bond acceptors (Lipinski definition) is 3. The van der Waals surface area contributed by atoms with E-state index in [1.807, 2.05) is 48.5 Å². The maximum Gasteiger partial charge on any atom is 0.323 e. The van der Waals surface area contributed by atoms with E-state index in [1.54, 1.807) is 20.4 Å². The standard InChI is InChI=1S/C29H34N2O3/c1-19(2)25-8-7-9-26(20(3)4)28(25)31-29(32)30-18-27(21-10-14-23(33-5)15-11-21)22-12-16-24(34-6)17-13-22/h7-20H,1-6H3,(H2,30,31,32). The van der Waals surface area contributed by atoms with Crippen molar-refractivity contribution < 1.29 is 14.3 Å². The molecule has 3 aromatic carbocycles. The summed E-state index contributed by atoms with van der Waals surface area (Å²) in [6.07, 6.45) is 1.74. The van der Waals surface area contributed by atoms with Crippen molar-refractivity contribution >= 4 is 17.3 Å². The molecule has 0 heterocycles. The van der Waals surface area contributed by atoms with Gasteiger partial charge in [-0.25, -0.2) is 4.79 Å². The number of ether oxygens (including phenoxy) is 2. The lowest BCUT2D eigenvalue weighted by atomic mass is 9.93. The molecule has 0 aliphatic rings. The Morgan fingerprint density at radius 1 is 0.735 bits per heavy atom. The monoisotopic (exact) mass is 458 g/mol. The van der Waals surface area contributed by atoms with Gasteiger partial charge >= 0.3 is 6.03 Å². The van der Waals surface area contributed by atoms with E-state index in [4.69, 9.17) is 9.47 Å². The summed E-state index contributed by atoms with van der Waals surface area (Å²) in [6.45, 7) is 8.53. The average Bonchev–Trinajstić information content (AvgIpc) is 2.84. The van der Waals surface area contributed by atoms with Gasteiger partial charge in [0.05, 0.1) is 14.2 Å². The van der Waals surface area contributed by atoms with Gasteiger partial charge in [-0.3, -0.25) is 0 Å². The van der Waals surface area contributed by atoms with E-state index in [0.29, 0.717) is 11.8 Å². The highest BCUT2D eigenvalue weighted by molar-refractivity contribution is 5.93. The molecular formula is C29H34N2O3. The Hall–Kier alpha value is -3.73. The zero-order valence-corrected chi connectivity index (χ0v) is 20.8. The molecule has 0 saturated heterocycles. The van der Waals surface area contributed by atoms with Crippen molar-refractivity contribution in [1.29, 1.82) is 0 Å². The van der Waals surface area contributed by atoms with Crippen molar-refractivity contribution in [3.63, 3.8) is 0 Å². The van der Waals surface area contributed by atoms with Gasteiger partial charge in [0.2, 0.25) is 0 Å². The molecule has 2 N–H and O–H groups in total. The Morgan fingerprint density at radius 2 is 1.18 bits per heavy atom. The smallest absolute Gasteiger partial charge is 0.323 e. The highest BCUT2D eigenvalue weighted by atomic mass is 16.5. The van der Waals surface area contributed by atoms with Gasteiger partial charge in [-0.2, -0.15) is 0 Å². The summed E-state index contributed by atoms with van der Waals surface area (Å²) < 4.78 is 10.6. The molecule has 5 heteroatoms. The summed E-state index contributed by atoms with van der Waals surface area (Å²) in [5.41, 5.74) is 5.91. The van der Waals surface area contributed by atoms with Crippen LogP contribution < -0.4 is 20.1 Å². The van der Waals surface area contributed by atoms with Crippen LogP contribution in [0.2, 0.25) is 0 Å². The minimum absolute atomic E-state index is 0.283. The van der Waals surface area contributed by atoms with E-state index < -0.39 is 0 Å². The summed E-state index contributed by atoms with van der Waals surface area (Å²) in [6, 6.07) is 21.4. The molecule has 0 bridgehead atoms. The normalized spacial score (nSPS) is 10.7. The van der Waals surface area contributed by atoms with Gasteiger partial charge in [0.25, 0.3) is 0 Å². The fourth-order valence-corrected chi connectivity index (χ4v) is 3.86. The van der Waals surface area contributed by atoms with E-state index in [1.165, 1.54) is 0 Å². The molecule has 0 atom stereocenters. The predicted octanol–water partition coefficient (Wildman–Crippen LogP) is 7.16. The zero-order valence-electron chi connectivity index (χ0n) is 20.8. The third-order valence-corrected chi connectivity index (χ3v) is 5.76. The van der Waals surface area contributed by atoms with Crippen LogP contribution in [0.25, 0.3) is 5.57 Å². The number of para-hydroxylation sites is 1. The van der Waals surface area contributed by atoms with Gasteiger partial charge in [-0.15, -0.1) is 0 Å². The van der Waals surface area contributed by atoms with Crippen LogP contribution in [0.4, 0.5) is 10.5 Å². The van der Waals surface area contributed by atoms with Crippen molar-refractivity contribution in [3.8, 4) is 11.5 Å². The molecule has 0 aliphatic carbocycles. The lowest BCUT2D eigenvalue weighted by Crippen LogP contribution is -2.26. The number of hydrogen-bond donors (Lipinski definition) is 2. The van der Waals surface area contributed by atoms with Crippen LogP contribution in [0.5, 0.6) is 11.5 Å². The molecule has 5 nitrogen and oxygen atoms in total. The minimum Gasteiger partial charge on any atom is -0.497 e. The van der Waals surface area contributed by atoms with Crippen LogP contribution in [0, 0.1) is 0 Å². The van der Waals surface area contributed by atoms with Crippen LogP contribution in [0.1, 0.15) is 61.8 Å². The van der Waals surface area contributed by atoms with E-state index in [0.717, 1.165) is 45.0 Å². The Bertz CT molecular complexity index is 1060. The van der Waals surface area contributed by atoms with Crippen molar-refractivity contribution in [2.24, 2.45) is 0 Å². The maximum absolute atomic E-state index is 13.0. The van der Waals surface area contributed by atoms with Crippen molar-refractivity contribution in [3.05, 3.63) is 95.2 Å². The van der Waals surface area contributed by atoms with Crippen molar-refractivity contribution in [2.75, 3.05) is 19.5 Å². The number of methoxy groups -OCH3 is 2. The fourth-order valence-electron chi connectivity index (χ4n) is 3.86. The third-order valence-electron chi connectivity index (χ3n) is 5.76. The second kappa shape index (κ2) is 11.4. The lowest BCUT2D eigenvalue weighted by Gasteiger charge is -2.20. The van der Waals surface area contributed by atoms with E-state index in [-0.39, 0.29) is 6.03 Å². The summed E-state index contributed by atoms with van der Waals surface area (Å²) >= 11 is 0.